The third kappa shape index (κ3) is 3.80. The predicted octanol–water partition coefficient (Wildman–Crippen LogP) is 3.40. The molecule has 0 fully saturated rings. The van der Waals surface area contributed by atoms with Gasteiger partial charge in [-0.2, -0.15) is 0 Å². The Morgan fingerprint density at radius 2 is 2.06 bits per heavy atom. The molecule has 0 radical (unpaired) electrons. The fourth-order valence-electron chi connectivity index (χ4n) is 2.23. The average molecular weight is 263 g/mol. The van der Waals surface area contributed by atoms with E-state index in [9.17, 15) is 5.11 Å². The maximum atomic E-state index is 9.31. The zero-order chi connectivity index (χ0) is 13.0. The van der Waals surface area contributed by atoms with E-state index in [0.29, 0.717) is 5.92 Å². The van der Waals surface area contributed by atoms with Crippen molar-refractivity contribution in [1.29, 1.82) is 0 Å². The molecule has 0 aliphatic rings. The second-order valence-electron chi connectivity index (χ2n) is 5.07. The van der Waals surface area contributed by atoms with Crippen LogP contribution in [0.5, 0.6) is 0 Å². The Morgan fingerprint density at radius 1 is 1.28 bits per heavy atom. The van der Waals surface area contributed by atoms with Gasteiger partial charge in [-0.3, -0.25) is 0 Å². The van der Waals surface area contributed by atoms with Crippen LogP contribution in [-0.2, 0) is 6.54 Å². The Balaban J connectivity index is 1.83. The number of rotatable bonds is 6. The summed E-state index contributed by atoms with van der Waals surface area (Å²) in [5, 5.41) is 14.1. The summed E-state index contributed by atoms with van der Waals surface area (Å²) < 4.78 is 1.35. The molecule has 1 aromatic heterocycles. The summed E-state index contributed by atoms with van der Waals surface area (Å²) in [6.07, 6.45) is 0.658. The summed E-state index contributed by atoms with van der Waals surface area (Å²) in [6, 6.07) is 10.7. The monoisotopic (exact) mass is 263 g/mol. The van der Waals surface area contributed by atoms with Gasteiger partial charge in [0.1, 0.15) is 0 Å². The molecule has 1 heterocycles. The Labute approximate surface area is 113 Å². The Morgan fingerprint density at radius 3 is 2.78 bits per heavy atom. The minimum absolute atomic E-state index is 0.203. The number of benzene rings is 1. The van der Waals surface area contributed by atoms with Gasteiger partial charge in [0.15, 0.2) is 0 Å². The van der Waals surface area contributed by atoms with Gasteiger partial charge in [-0.15, -0.1) is 11.3 Å². The number of hydrogen-bond acceptors (Lipinski definition) is 3. The zero-order valence-electron chi connectivity index (χ0n) is 11.0. The summed E-state index contributed by atoms with van der Waals surface area (Å²) in [5.41, 5.74) is 0. The van der Waals surface area contributed by atoms with Crippen LogP contribution in [0.4, 0.5) is 0 Å². The van der Waals surface area contributed by atoms with Crippen LogP contribution >= 0.6 is 11.3 Å². The first kappa shape index (κ1) is 13.5. The molecular formula is C15H21NOS. The van der Waals surface area contributed by atoms with Crippen molar-refractivity contribution < 1.29 is 5.11 Å². The maximum Gasteiger partial charge on any atom is 0.0515 e. The number of aliphatic hydroxyl groups excluding tert-OH is 1. The van der Waals surface area contributed by atoms with Gasteiger partial charge >= 0.3 is 0 Å². The molecule has 0 spiro atoms. The second-order valence-corrected chi connectivity index (χ2v) is 6.24. The van der Waals surface area contributed by atoms with Crippen molar-refractivity contribution in [2.45, 2.75) is 32.9 Å². The van der Waals surface area contributed by atoms with Crippen molar-refractivity contribution in [2.24, 2.45) is 5.92 Å². The fraction of sp³-hybridized carbons (Fsp3) is 0.467. The largest absolute Gasteiger partial charge is 0.393 e. The number of thiophene rings is 1. The molecule has 0 amide bonds. The summed E-state index contributed by atoms with van der Waals surface area (Å²) in [7, 11) is 0. The quantitative estimate of drug-likeness (QED) is 0.837. The molecule has 0 saturated heterocycles. The van der Waals surface area contributed by atoms with E-state index in [1.807, 2.05) is 18.3 Å². The van der Waals surface area contributed by atoms with Crippen LogP contribution in [0.3, 0.4) is 0 Å². The Bertz CT molecular complexity index is 459. The SMILES string of the molecule is CC(O)CC(C)CNCc1cc2ccccc2s1. The predicted molar refractivity (Wildman–Crippen MR) is 79.0 cm³/mol. The summed E-state index contributed by atoms with van der Waals surface area (Å²) >= 11 is 1.85. The molecule has 2 atom stereocenters. The van der Waals surface area contributed by atoms with Gasteiger partial charge in [0, 0.05) is 16.1 Å². The van der Waals surface area contributed by atoms with Gasteiger partial charge in [0.2, 0.25) is 0 Å². The second kappa shape index (κ2) is 6.32. The smallest absolute Gasteiger partial charge is 0.0515 e. The van der Waals surface area contributed by atoms with Crippen molar-refractivity contribution in [3.05, 3.63) is 35.2 Å². The van der Waals surface area contributed by atoms with Gasteiger partial charge in [-0.05, 0) is 43.3 Å². The molecule has 2 unspecified atom stereocenters. The van der Waals surface area contributed by atoms with E-state index in [1.165, 1.54) is 15.0 Å². The van der Waals surface area contributed by atoms with E-state index in [-0.39, 0.29) is 6.10 Å². The van der Waals surface area contributed by atoms with Crippen molar-refractivity contribution in [3.8, 4) is 0 Å². The average Bonchev–Trinajstić information content (AvgIpc) is 2.70. The number of nitrogens with one attached hydrogen (secondary N) is 1. The van der Waals surface area contributed by atoms with E-state index >= 15 is 0 Å². The highest BCUT2D eigenvalue weighted by molar-refractivity contribution is 7.19. The van der Waals surface area contributed by atoms with Crippen molar-refractivity contribution in [3.63, 3.8) is 0 Å². The molecule has 2 N–H and O–H groups in total. The first-order valence-corrected chi connectivity index (χ1v) is 7.33. The zero-order valence-corrected chi connectivity index (χ0v) is 11.8. The van der Waals surface area contributed by atoms with E-state index < -0.39 is 0 Å². The van der Waals surface area contributed by atoms with E-state index in [1.54, 1.807) is 0 Å². The lowest BCUT2D eigenvalue weighted by molar-refractivity contribution is 0.163. The molecule has 3 heteroatoms. The molecule has 98 valence electrons. The molecule has 0 aliphatic carbocycles. The van der Waals surface area contributed by atoms with Crippen molar-refractivity contribution in [2.75, 3.05) is 6.54 Å². The van der Waals surface area contributed by atoms with Crippen molar-refractivity contribution >= 4 is 21.4 Å². The van der Waals surface area contributed by atoms with Crippen LogP contribution in [0.2, 0.25) is 0 Å². The molecule has 1 aromatic carbocycles. The van der Waals surface area contributed by atoms with Crippen LogP contribution in [0.15, 0.2) is 30.3 Å². The lowest BCUT2D eigenvalue weighted by atomic mass is 10.1. The molecule has 18 heavy (non-hydrogen) atoms. The van der Waals surface area contributed by atoms with Crippen LogP contribution in [0.25, 0.3) is 10.1 Å². The normalized spacial score (nSPS) is 14.8. The molecule has 0 bridgehead atoms. The summed E-state index contributed by atoms with van der Waals surface area (Å²) in [4.78, 5) is 1.38. The lowest BCUT2D eigenvalue weighted by Crippen LogP contribution is -2.22. The highest BCUT2D eigenvalue weighted by atomic mass is 32.1. The first-order chi connectivity index (χ1) is 8.65. The van der Waals surface area contributed by atoms with Crippen LogP contribution < -0.4 is 5.32 Å². The van der Waals surface area contributed by atoms with Gasteiger partial charge in [-0.25, -0.2) is 0 Å². The van der Waals surface area contributed by atoms with Gasteiger partial charge < -0.3 is 10.4 Å². The van der Waals surface area contributed by atoms with Crippen LogP contribution in [-0.4, -0.2) is 17.8 Å². The molecule has 2 aromatic rings. The molecule has 2 nitrogen and oxygen atoms in total. The molecular weight excluding hydrogens is 242 g/mol. The van der Waals surface area contributed by atoms with E-state index in [4.69, 9.17) is 0 Å². The third-order valence-corrected chi connectivity index (χ3v) is 4.13. The Kier molecular flexibility index (Phi) is 4.75. The summed E-state index contributed by atoms with van der Waals surface area (Å²) in [5.74, 6) is 0.513. The van der Waals surface area contributed by atoms with Crippen LogP contribution in [0, 0.1) is 5.92 Å². The van der Waals surface area contributed by atoms with Gasteiger partial charge in [0.05, 0.1) is 6.10 Å². The molecule has 0 aliphatic heterocycles. The topological polar surface area (TPSA) is 32.3 Å². The lowest BCUT2D eigenvalue weighted by Gasteiger charge is -2.13. The maximum absolute atomic E-state index is 9.31. The summed E-state index contributed by atoms with van der Waals surface area (Å²) in [6.45, 7) is 5.90. The Hall–Kier alpha value is -0.900. The van der Waals surface area contributed by atoms with E-state index in [0.717, 1.165) is 19.5 Å². The van der Waals surface area contributed by atoms with Gasteiger partial charge in [0.25, 0.3) is 0 Å². The number of fused-ring (bicyclic) bond motifs is 1. The highest BCUT2D eigenvalue weighted by Gasteiger charge is 2.06. The molecule has 0 saturated carbocycles. The van der Waals surface area contributed by atoms with Crippen molar-refractivity contribution in [1.82, 2.24) is 5.32 Å². The van der Waals surface area contributed by atoms with Gasteiger partial charge in [-0.1, -0.05) is 25.1 Å². The third-order valence-electron chi connectivity index (χ3n) is 3.01. The van der Waals surface area contributed by atoms with E-state index in [2.05, 4.69) is 42.6 Å². The first-order valence-electron chi connectivity index (χ1n) is 6.51. The molecule has 2 rings (SSSR count). The fourth-order valence-corrected chi connectivity index (χ4v) is 3.27. The number of hydrogen-bond donors (Lipinski definition) is 2. The minimum Gasteiger partial charge on any atom is -0.393 e. The number of aliphatic hydroxyl groups is 1. The van der Waals surface area contributed by atoms with Crippen LogP contribution in [0.1, 0.15) is 25.1 Å². The standard InChI is InChI=1S/C15H21NOS/c1-11(7-12(2)17)9-16-10-14-8-13-5-3-4-6-15(13)18-14/h3-6,8,11-12,16-17H,7,9-10H2,1-2H3. The highest BCUT2D eigenvalue weighted by Crippen LogP contribution is 2.24. The minimum atomic E-state index is -0.203.